The van der Waals surface area contributed by atoms with Crippen LogP contribution in [0.5, 0.6) is 0 Å². The molecule has 0 radical (unpaired) electrons. The lowest BCUT2D eigenvalue weighted by atomic mass is 9.95. The first-order chi connectivity index (χ1) is 20.5. The van der Waals surface area contributed by atoms with Gasteiger partial charge in [0.1, 0.15) is 12.6 Å². The molecule has 4 rings (SSSR count). The van der Waals surface area contributed by atoms with E-state index in [9.17, 15) is 18.0 Å². The largest absolute Gasteiger partial charge is 0.352 e. The zero-order chi connectivity index (χ0) is 31.1. The first-order valence-corrected chi connectivity index (χ1v) is 17.0. The lowest BCUT2D eigenvalue weighted by Crippen LogP contribution is -2.54. The number of carbonyl (C=O) groups excluding carboxylic acids is 2. The van der Waals surface area contributed by atoms with Crippen molar-refractivity contribution >= 4 is 62.3 Å². The average molecular weight is 665 g/mol. The Balaban J connectivity index is 1.74. The number of hydrogen-bond donors (Lipinski definition) is 1. The summed E-state index contributed by atoms with van der Waals surface area (Å²) in [6.07, 6.45) is 5.28. The molecule has 0 unspecified atom stereocenters. The van der Waals surface area contributed by atoms with Crippen molar-refractivity contribution in [2.45, 2.75) is 75.9 Å². The van der Waals surface area contributed by atoms with Crippen molar-refractivity contribution in [2.75, 3.05) is 10.8 Å². The maximum atomic E-state index is 14.3. The molecular formula is C32H36Cl3N3O4S. The molecule has 3 aromatic rings. The number of amides is 2. The van der Waals surface area contributed by atoms with E-state index in [0.29, 0.717) is 32.7 Å². The van der Waals surface area contributed by atoms with Gasteiger partial charge in [-0.05, 0) is 80.3 Å². The fraction of sp³-hybridized carbons (Fsp3) is 0.375. The van der Waals surface area contributed by atoms with Gasteiger partial charge in [-0.25, -0.2) is 8.42 Å². The molecule has 1 aliphatic carbocycles. The van der Waals surface area contributed by atoms with Gasteiger partial charge < -0.3 is 10.2 Å². The standard InChI is InChI=1S/C32H36Cl3N3O4S/c1-3-30(32(40)36-24-10-5-4-6-11-24)37(20-27-28(34)13-8-14-29(27)35)31(39)21-38(25-12-7-9-22(2)19-25)43(41,42)26-17-15-23(33)16-18-26/h7-9,12-19,24,30H,3-6,10-11,20-21H2,1-2H3,(H,36,40)/t30-/m1/s1. The zero-order valence-corrected chi connectivity index (χ0v) is 27.3. The fourth-order valence-electron chi connectivity index (χ4n) is 5.36. The van der Waals surface area contributed by atoms with E-state index in [-0.39, 0.29) is 23.4 Å². The Morgan fingerprint density at radius 2 is 1.56 bits per heavy atom. The predicted octanol–water partition coefficient (Wildman–Crippen LogP) is 7.41. The van der Waals surface area contributed by atoms with Gasteiger partial charge in [0.25, 0.3) is 10.0 Å². The summed E-state index contributed by atoms with van der Waals surface area (Å²) in [7, 11) is -4.21. The molecule has 0 aromatic heterocycles. The van der Waals surface area contributed by atoms with E-state index < -0.39 is 28.5 Å². The molecule has 7 nitrogen and oxygen atoms in total. The number of halogens is 3. The van der Waals surface area contributed by atoms with Crippen LogP contribution in [0.1, 0.15) is 56.6 Å². The van der Waals surface area contributed by atoms with E-state index in [4.69, 9.17) is 34.8 Å². The first kappa shape index (κ1) is 33.1. The summed E-state index contributed by atoms with van der Waals surface area (Å²) < 4.78 is 29.1. The molecule has 43 heavy (non-hydrogen) atoms. The number of anilines is 1. The first-order valence-electron chi connectivity index (χ1n) is 14.4. The van der Waals surface area contributed by atoms with Crippen LogP contribution in [-0.4, -0.2) is 43.8 Å². The highest BCUT2D eigenvalue weighted by Gasteiger charge is 2.35. The maximum absolute atomic E-state index is 14.3. The van der Waals surface area contributed by atoms with Crippen molar-refractivity contribution in [1.82, 2.24) is 10.2 Å². The van der Waals surface area contributed by atoms with Crippen LogP contribution in [-0.2, 0) is 26.2 Å². The third-order valence-corrected chi connectivity index (χ3v) is 10.4. The molecule has 3 aromatic carbocycles. The summed E-state index contributed by atoms with van der Waals surface area (Å²) in [4.78, 5) is 29.4. The van der Waals surface area contributed by atoms with E-state index in [2.05, 4.69) is 5.32 Å². The minimum atomic E-state index is -4.21. The van der Waals surface area contributed by atoms with Crippen LogP contribution < -0.4 is 9.62 Å². The molecule has 1 saturated carbocycles. The van der Waals surface area contributed by atoms with Gasteiger partial charge in [0.2, 0.25) is 11.8 Å². The van der Waals surface area contributed by atoms with Crippen molar-refractivity contribution < 1.29 is 18.0 Å². The van der Waals surface area contributed by atoms with Crippen molar-refractivity contribution in [3.63, 3.8) is 0 Å². The van der Waals surface area contributed by atoms with Crippen LogP contribution >= 0.6 is 34.8 Å². The molecule has 0 spiro atoms. The lowest BCUT2D eigenvalue weighted by Gasteiger charge is -2.35. The van der Waals surface area contributed by atoms with E-state index in [1.165, 1.54) is 29.2 Å². The summed E-state index contributed by atoms with van der Waals surface area (Å²) in [6, 6.07) is 16.9. The highest BCUT2D eigenvalue weighted by atomic mass is 35.5. The summed E-state index contributed by atoms with van der Waals surface area (Å²) in [6.45, 7) is 3.04. The summed E-state index contributed by atoms with van der Waals surface area (Å²) in [5.74, 6) is -0.853. The number of aryl methyl sites for hydroxylation is 1. The molecule has 1 fully saturated rings. The van der Waals surface area contributed by atoms with Gasteiger partial charge in [-0.15, -0.1) is 0 Å². The smallest absolute Gasteiger partial charge is 0.264 e. The lowest BCUT2D eigenvalue weighted by molar-refractivity contribution is -0.140. The minimum Gasteiger partial charge on any atom is -0.352 e. The van der Waals surface area contributed by atoms with Crippen LogP contribution in [0.4, 0.5) is 5.69 Å². The van der Waals surface area contributed by atoms with Gasteiger partial charge in [0, 0.05) is 33.2 Å². The van der Waals surface area contributed by atoms with Crippen LogP contribution in [0.25, 0.3) is 0 Å². The third-order valence-electron chi connectivity index (χ3n) is 7.70. The normalized spacial score (nSPS) is 14.6. The second-order valence-corrected chi connectivity index (χ2v) is 13.9. The van der Waals surface area contributed by atoms with Crippen molar-refractivity contribution in [2.24, 2.45) is 0 Å². The van der Waals surface area contributed by atoms with E-state index >= 15 is 0 Å². The molecule has 2 amide bonds. The molecule has 230 valence electrons. The SMILES string of the molecule is CC[C@H](C(=O)NC1CCCCC1)N(Cc1c(Cl)cccc1Cl)C(=O)CN(c1cccc(C)c1)S(=O)(=O)c1ccc(Cl)cc1. The molecule has 1 N–H and O–H groups in total. The number of carbonyl (C=O) groups is 2. The quantitative estimate of drug-likeness (QED) is 0.231. The molecule has 11 heteroatoms. The average Bonchev–Trinajstić information content (AvgIpc) is 2.97. The molecular weight excluding hydrogens is 629 g/mol. The molecule has 0 saturated heterocycles. The number of nitrogens with one attached hydrogen (secondary N) is 1. The van der Waals surface area contributed by atoms with Crippen molar-refractivity contribution in [3.8, 4) is 0 Å². The second kappa shape index (κ2) is 14.8. The van der Waals surface area contributed by atoms with Gasteiger partial charge in [-0.1, -0.05) is 79.2 Å². The van der Waals surface area contributed by atoms with Crippen molar-refractivity contribution in [3.05, 3.63) is 92.9 Å². The van der Waals surface area contributed by atoms with Gasteiger partial charge >= 0.3 is 0 Å². The third kappa shape index (κ3) is 8.24. The van der Waals surface area contributed by atoms with E-state index in [1.54, 1.807) is 36.4 Å². The van der Waals surface area contributed by atoms with Gasteiger partial charge in [0.05, 0.1) is 10.6 Å². The Morgan fingerprint density at radius 1 is 0.930 bits per heavy atom. The van der Waals surface area contributed by atoms with E-state index in [0.717, 1.165) is 42.0 Å². The molecule has 0 aliphatic heterocycles. The molecule has 1 atom stereocenters. The van der Waals surface area contributed by atoms with Crippen LogP contribution in [0.2, 0.25) is 15.1 Å². The minimum absolute atomic E-state index is 0.0195. The van der Waals surface area contributed by atoms with Gasteiger partial charge in [-0.2, -0.15) is 0 Å². The monoisotopic (exact) mass is 663 g/mol. The number of hydrogen-bond acceptors (Lipinski definition) is 4. The van der Waals surface area contributed by atoms with Crippen LogP contribution in [0.15, 0.2) is 71.6 Å². The summed E-state index contributed by atoms with van der Waals surface area (Å²) >= 11 is 19.0. The number of benzene rings is 3. The molecule has 1 aliphatic rings. The van der Waals surface area contributed by atoms with Gasteiger partial charge in [-0.3, -0.25) is 13.9 Å². The zero-order valence-electron chi connectivity index (χ0n) is 24.2. The Kier molecular flexibility index (Phi) is 11.4. The molecule has 0 heterocycles. The Hall–Kier alpha value is -2.78. The Bertz CT molecular complexity index is 1520. The highest BCUT2D eigenvalue weighted by Crippen LogP contribution is 2.29. The molecule has 0 bridgehead atoms. The number of sulfonamides is 1. The number of nitrogens with zero attached hydrogens (tertiary/aromatic N) is 2. The highest BCUT2D eigenvalue weighted by molar-refractivity contribution is 7.92. The summed E-state index contributed by atoms with van der Waals surface area (Å²) in [5, 5.41) is 4.20. The predicted molar refractivity (Wildman–Crippen MR) is 173 cm³/mol. The van der Waals surface area contributed by atoms with Crippen molar-refractivity contribution in [1.29, 1.82) is 0 Å². The Morgan fingerprint density at radius 3 is 2.16 bits per heavy atom. The van der Waals surface area contributed by atoms with Gasteiger partial charge in [0.15, 0.2) is 0 Å². The fourth-order valence-corrected chi connectivity index (χ4v) is 7.41. The Labute approximate surface area is 269 Å². The van der Waals surface area contributed by atoms with Crippen LogP contribution in [0, 0.1) is 6.92 Å². The summed E-state index contributed by atoms with van der Waals surface area (Å²) in [5.41, 5.74) is 1.61. The van der Waals surface area contributed by atoms with Crippen LogP contribution in [0.3, 0.4) is 0 Å². The maximum Gasteiger partial charge on any atom is 0.264 e. The van der Waals surface area contributed by atoms with E-state index in [1.807, 2.05) is 19.9 Å². The second-order valence-electron chi connectivity index (χ2n) is 10.8. The number of rotatable bonds is 11. The topological polar surface area (TPSA) is 86.8 Å².